The Labute approximate surface area is 126 Å². The van der Waals surface area contributed by atoms with E-state index in [9.17, 15) is 0 Å². The fourth-order valence-electron chi connectivity index (χ4n) is 1.67. The van der Waals surface area contributed by atoms with Gasteiger partial charge in [0, 0.05) is 21.6 Å². The Morgan fingerprint density at radius 3 is 2.89 bits per heavy atom. The van der Waals surface area contributed by atoms with E-state index >= 15 is 0 Å². The Morgan fingerprint density at radius 2 is 2.21 bits per heavy atom. The van der Waals surface area contributed by atoms with E-state index in [1.165, 1.54) is 10.5 Å². The summed E-state index contributed by atoms with van der Waals surface area (Å²) in [6.07, 6.45) is 5.19. The second-order valence-corrected chi connectivity index (χ2v) is 6.25. The van der Waals surface area contributed by atoms with E-state index in [0.29, 0.717) is 0 Å². The molecule has 0 bridgehead atoms. The first-order valence-corrected chi connectivity index (χ1v) is 7.78. The minimum Gasteiger partial charge on any atom is -0.327 e. The van der Waals surface area contributed by atoms with Crippen molar-refractivity contribution in [3.8, 4) is 0 Å². The lowest BCUT2D eigenvalue weighted by molar-refractivity contribution is 0.641. The fourth-order valence-corrected chi connectivity index (χ4v) is 3.11. The molecule has 1 aromatic carbocycles. The molecule has 0 saturated carbocycles. The van der Waals surface area contributed by atoms with Gasteiger partial charge in [0.2, 0.25) is 0 Å². The summed E-state index contributed by atoms with van der Waals surface area (Å²) in [5.41, 5.74) is 7.32. The van der Waals surface area contributed by atoms with E-state index in [4.69, 9.17) is 5.73 Å². The number of nitrogens with two attached hydrogens (primary N) is 1. The van der Waals surface area contributed by atoms with Gasteiger partial charge in [0.25, 0.3) is 0 Å². The van der Waals surface area contributed by atoms with Gasteiger partial charge in [0.1, 0.15) is 11.4 Å². The van der Waals surface area contributed by atoms with Crippen molar-refractivity contribution in [1.82, 2.24) is 9.97 Å². The molecule has 0 amide bonds. The zero-order valence-corrected chi connectivity index (χ0v) is 13.1. The summed E-state index contributed by atoms with van der Waals surface area (Å²) in [4.78, 5) is 9.38. The molecule has 0 fully saturated rings. The second-order valence-electron chi connectivity index (χ2n) is 4.27. The molecule has 0 aliphatic heterocycles. The maximum Gasteiger partial charge on any atom is 0.116 e. The summed E-state index contributed by atoms with van der Waals surface area (Å²) >= 11 is 5.16. The van der Waals surface area contributed by atoms with Crippen LogP contribution in [-0.4, -0.2) is 16.0 Å². The number of hydrogen-bond acceptors (Lipinski definition) is 4. The van der Waals surface area contributed by atoms with Gasteiger partial charge >= 0.3 is 0 Å². The number of rotatable bonds is 5. The molecule has 2 aromatic rings. The first kappa shape index (κ1) is 14.5. The maximum atomic E-state index is 6.06. The molecule has 1 aromatic heterocycles. The third-order valence-electron chi connectivity index (χ3n) is 2.81. The van der Waals surface area contributed by atoms with Crippen molar-refractivity contribution in [2.75, 3.05) is 0 Å². The molecule has 0 saturated heterocycles. The summed E-state index contributed by atoms with van der Waals surface area (Å²) < 4.78 is 1.07. The summed E-state index contributed by atoms with van der Waals surface area (Å²) in [6.45, 7) is 2.11. The highest BCUT2D eigenvalue weighted by atomic mass is 79.9. The Bertz CT molecular complexity index is 533. The highest BCUT2D eigenvalue weighted by Crippen LogP contribution is 2.31. The topological polar surface area (TPSA) is 51.8 Å². The van der Waals surface area contributed by atoms with Crippen LogP contribution < -0.4 is 5.73 Å². The lowest BCUT2D eigenvalue weighted by Gasteiger charge is -2.13. The number of benzene rings is 1. The summed E-state index contributed by atoms with van der Waals surface area (Å²) in [5, 5.41) is 0.944. The highest BCUT2D eigenvalue weighted by Gasteiger charge is 2.09. The molecule has 19 heavy (non-hydrogen) atoms. The van der Waals surface area contributed by atoms with E-state index in [0.717, 1.165) is 22.3 Å². The Balaban J connectivity index is 2.24. The van der Waals surface area contributed by atoms with Crippen molar-refractivity contribution in [2.45, 2.75) is 35.7 Å². The summed E-state index contributed by atoms with van der Waals surface area (Å²) in [7, 11) is 0. The van der Waals surface area contributed by atoms with Gasteiger partial charge < -0.3 is 5.73 Å². The lowest BCUT2D eigenvalue weighted by Crippen LogP contribution is -2.21. The Kier molecular flexibility index (Phi) is 5.36. The third kappa shape index (κ3) is 4.30. The van der Waals surface area contributed by atoms with Crippen LogP contribution in [0.3, 0.4) is 0 Å². The van der Waals surface area contributed by atoms with Crippen molar-refractivity contribution in [1.29, 1.82) is 0 Å². The van der Waals surface area contributed by atoms with E-state index in [-0.39, 0.29) is 6.04 Å². The average Bonchev–Trinajstić information content (AvgIpc) is 2.43. The number of halogens is 1. The maximum absolute atomic E-state index is 6.06. The molecule has 5 heteroatoms. The molecule has 2 rings (SSSR count). The highest BCUT2D eigenvalue weighted by molar-refractivity contribution is 9.10. The Morgan fingerprint density at radius 1 is 1.37 bits per heavy atom. The van der Waals surface area contributed by atoms with Crippen LogP contribution in [0.4, 0.5) is 0 Å². The quantitative estimate of drug-likeness (QED) is 0.845. The van der Waals surface area contributed by atoms with Crippen LogP contribution in [0.5, 0.6) is 0 Å². The van der Waals surface area contributed by atoms with Crippen LogP contribution in [0.25, 0.3) is 0 Å². The zero-order chi connectivity index (χ0) is 13.7. The van der Waals surface area contributed by atoms with E-state index in [1.807, 2.05) is 6.07 Å². The molecule has 0 radical (unpaired) electrons. The predicted molar refractivity (Wildman–Crippen MR) is 82.3 cm³/mol. The van der Waals surface area contributed by atoms with Crippen LogP contribution in [0.2, 0.25) is 0 Å². The first-order chi connectivity index (χ1) is 9.19. The van der Waals surface area contributed by atoms with Crippen molar-refractivity contribution in [2.24, 2.45) is 5.73 Å². The normalized spacial score (nSPS) is 12.4. The number of nitrogens with zero attached hydrogens (tertiary/aromatic N) is 2. The van der Waals surface area contributed by atoms with Gasteiger partial charge in [-0.05, 0) is 36.6 Å². The average molecular weight is 338 g/mol. The van der Waals surface area contributed by atoms with E-state index in [1.54, 1.807) is 24.3 Å². The van der Waals surface area contributed by atoms with E-state index in [2.05, 4.69) is 51.0 Å². The molecule has 0 spiro atoms. The van der Waals surface area contributed by atoms with Gasteiger partial charge in [-0.3, -0.25) is 0 Å². The van der Waals surface area contributed by atoms with Gasteiger partial charge in [0.15, 0.2) is 0 Å². The number of aromatic nitrogens is 2. The molecular weight excluding hydrogens is 322 g/mol. The van der Waals surface area contributed by atoms with Gasteiger partial charge in [-0.25, -0.2) is 9.97 Å². The van der Waals surface area contributed by atoms with Gasteiger partial charge in [-0.1, -0.05) is 40.7 Å². The van der Waals surface area contributed by atoms with Crippen LogP contribution >= 0.6 is 27.7 Å². The molecule has 1 unspecified atom stereocenters. The molecule has 2 N–H and O–H groups in total. The third-order valence-corrected chi connectivity index (χ3v) is 4.35. The monoisotopic (exact) mass is 337 g/mol. The lowest BCUT2D eigenvalue weighted by atomic mass is 10.1. The molecule has 0 aliphatic rings. The van der Waals surface area contributed by atoms with Crippen LogP contribution in [0.15, 0.2) is 51.2 Å². The van der Waals surface area contributed by atoms with Crippen molar-refractivity contribution in [3.05, 3.63) is 46.8 Å². The second kappa shape index (κ2) is 7.03. The van der Waals surface area contributed by atoms with Gasteiger partial charge in [-0.2, -0.15) is 0 Å². The molecule has 100 valence electrons. The molecule has 1 heterocycles. The SMILES string of the molecule is CCC(N)Cc1ccc(Br)cc1Sc1ccncn1. The Hall–Kier alpha value is -0.910. The minimum atomic E-state index is 0.200. The molecule has 0 aliphatic carbocycles. The van der Waals surface area contributed by atoms with Crippen molar-refractivity contribution in [3.63, 3.8) is 0 Å². The smallest absolute Gasteiger partial charge is 0.116 e. The van der Waals surface area contributed by atoms with Crippen molar-refractivity contribution >= 4 is 27.7 Å². The van der Waals surface area contributed by atoms with Gasteiger partial charge in [-0.15, -0.1) is 0 Å². The van der Waals surface area contributed by atoms with Crippen LogP contribution in [0.1, 0.15) is 18.9 Å². The van der Waals surface area contributed by atoms with Crippen molar-refractivity contribution < 1.29 is 0 Å². The largest absolute Gasteiger partial charge is 0.327 e. The zero-order valence-electron chi connectivity index (χ0n) is 10.7. The summed E-state index contributed by atoms with van der Waals surface area (Å²) in [6, 6.07) is 8.41. The van der Waals surface area contributed by atoms with Crippen LogP contribution in [-0.2, 0) is 6.42 Å². The first-order valence-electron chi connectivity index (χ1n) is 6.17. The predicted octanol–water partition coefficient (Wildman–Crippen LogP) is 3.67. The minimum absolute atomic E-state index is 0.200. The standard InChI is InChI=1S/C14H16BrN3S/c1-2-12(16)7-10-3-4-11(15)8-13(10)19-14-5-6-17-9-18-14/h3-6,8-9,12H,2,7,16H2,1H3. The van der Waals surface area contributed by atoms with Crippen LogP contribution in [0, 0.1) is 0 Å². The molecular formula is C14H16BrN3S. The summed E-state index contributed by atoms with van der Waals surface area (Å²) in [5.74, 6) is 0. The van der Waals surface area contributed by atoms with Gasteiger partial charge in [0.05, 0.1) is 0 Å². The number of hydrogen-bond donors (Lipinski definition) is 1. The van der Waals surface area contributed by atoms with E-state index < -0.39 is 0 Å². The molecule has 1 atom stereocenters. The molecule has 3 nitrogen and oxygen atoms in total. The fraction of sp³-hybridized carbons (Fsp3) is 0.286.